The Hall–Kier alpha value is -0.770. The molecule has 1 aliphatic heterocycles. The number of aliphatic hydroxyl groups excluding tert-OH is 1. The fraction of sp³-hybridized carbons (Fsp3) is 0.917. The van der Waals surface area contributed by atoms with Crippen molar-refractivity contribution in [3.63, 3.8) is 0 Å². The van der Waals surface area contributed by atoms with Crippen LogP contribution in [0.25, 0.3) is 0 Å². The van der Waals surface area contributed by atoms with Crippen molar-refractivity contribution >= 4 is 6.09 Å². The first-order valence-electron chi connectivity index (χ1n) is 6.01. The van der Waals surface area contributed by atoms with Gasteiger partial charge in [0.2, 0.25) is 0 Å². The lowest BCUT2D eigenvalue weighted by atomic mass is 10.1. The van der Waals surface area contributed by atoms with Crippen LogP contribution in [-0.4, -0.2) is 40.4 Å². The second-order valence-corrected chi connectivity index (χ2v) is 5.46. The molecule has 4 nitrogen and oxygen atoms in total. The summed E-state index contributed by atoms with van der Waals surface area (Å²) >= 11 is 0. The third-order valence-corrected chi connectivity index (χ3v) is 2.64. The Bertz CT molecular complexity index is 247. The maximum atomic E-state index is 11.9. The zero-order chi connectivity index (χ0) is 12.3. The maximum absolute atomic E-state index is 11.9. The zero-order valence-corrected chi connectivity index (χ0v) is 10.7. The molecule has 0 radical (unpaired) electrons. The van der Waals surface area contributed by atoms with Crippen LogP contribution in [0.2, 0.25) is 0 Å². The van der Waals surface area contributed by atoms with E-state index in [2.05, 4.69) is 6.92 Å². The number of rotatable bonds is 2. The highest BCUT2D eigenvalue weighted by Gasteiger charge is 2.35. The molecule has 0 aliphatic carbocycles. The SMILES string of the molecule is CCC[C@H]1C[C@@H](O)CN1C(=O)OC(C)(C)C. The van der Waals surface area contributed by atoms with E-state index in [1.807, 2.05) is 20.8 Å². The van der Waals surface area contributed by atoms with Crippen LogP contribution in [0.4, 0.5) is 4.79 Å². The van der Waals surface area contributed by atoms with Crippen molar-refractivity contribution in [3.8, 4) is 0 Å². The lowest BCUT2D eigenvalue weighted by Gasteiger charge is -2.28. The molecule has 0 aromatic rings. The molecule has 1 rings (SSSR count). The number of β-amino-alcohol motifs (C(OH)–C–C–N with tert-alkyl or cyclic N) is 1. The van der Waals surface area contributed by atoms with Gasteiger partial charge in [0.05, 0.1) is 12.6 Å². The van der Waals surface area contributed by atoms with E-state index in [0.717, 1.165) is 12.8 Å². The molecular weight excluding hydrogens is 206 g/mol. The largest absolute Gasteiger partial charge is 0.444 e. The van der Waals surface area contributed by atoms with Crippen molar-refractivity contribution in [3.05, 3.63) is 0 Å². The van der Waals surface area contributed by atoms with Crippen molar-refractivity contribution in [2.45, 2.75) is 64.7 Å². The second kappa shape index (κ2) is 5.04. The van der Waals surface area contributed by atoms with Gasteiger partial charge in [-0.15, -0.1) is 0 Å². The van der Waals surface area contributed by atoms with E-state index >= 15 is 0 Å². The summed E-state index contributed by atoms with van der Waals surface area (Å²) in [5, 5.41) is 9.59. The molecule has 0 unspecified atom stereocenters. The highest BCUT2D eigenvalue weighted by atomic mass is 16.6. The van der Waals surface area contributed by atoms with Gasteiger partial charge in [-0.1, -0.05) is 13.3 Å². The number of ether oxygens (including phenoxy) is 1. The minimum Gasteiger partial charge on any atom is -0.444 e. The molecule has 0 aromatic carbocycles. The van der Waals surface area contributed by atoms with Crippen LogP contribution in [-0.2, 0) is 4.74 Å². The molecule has 0 bridgehead atoms. The summed E-state index contributed by atoms with van der Waals surface area (Å²) in [5.74, 6) is 0. The predicted octanol–water partition coefficient (Wildman–Crippen LogP) is 2.16. The molecule has 1 saturated heterocycles. The summed E-state index contributed by atoms with van der Waals surface area (Å²) in [4.78, 5) is 13.6. The minimum absolute atomic E-state index is 0.134. The van der Waals surface area contributed by atoms with Crippen molar-refractivity contribution in [2.75, 3.05) is 6.54 Å². The van der Waals surface area contributed by atoms with Gasteiger partial charge in [-0.05, 0) is 33.6 Å². The van der Waals surface area contributed by atoms with Crippen LogP contribution in [0, 0.1) is 0 Å². The van der Waals surface area contributed by atoms with Gasteiger partial charge in [-0.25, -0.2) is 4.79 Å². The van der Waals surface area contributed by atoms with Crippen molar-refractivity contribution in [1.29, 1.82) is 0 Å². The van der Waals surface area contributed by atoms with Gasteiger partial charge in [0.25, 0.3) is 0 Å². The Morgan fingerprint density at radius 2 is 2.12 bits per heavy atom. The summed E-state index contributed by atoms with van der Waals surface area (Å²) < 4.78 is 5.32. The van der Waals surface area contributed by atoms with Crippen molar-refractivity contribution < 1.29 is 14.6 Å². The van der Waals surface area contributed by atoms with Gasteiger partial charge in [0.15, 0.2) is 0 Å². The standard InChI is InChI=1S/C12H23NO3/c1-5-6-9-7-10(14)8-13(9)11(15)16-12(2,3)4/h9-10,14H,5-8H2,1-4H3/t9-,10+/m0/s1. The maximum Gasteiger partial charge on any atom is 0.410 e. The number of nitrogens with zero attached hydrogens (tertiary/aromatic N) is 1. The third kappa shape index (κ3) is 3.67. The lowest BCUT2D eigenvalue weighted by molar-refractivity contribution is 0.0202. The van der Waals surface area contributed by atoms with Gasteiger partial charge >= 0.3 is 6.09 Å². The van der Waals surface area contributed by atoms with Crippen molar-refractivity contribution in [1.82, 2.24) is 4.90 Å². The van der Waals surface area contributed by atoms with Crippen LogP contribution in [0.3, 0.4) is 0 Å². The van der Waals surface area contributed by atoms with E-state index in [4.69, 9.17) is 4.74 Å². The number of hydrogen-bond acceptors (Lipinski definition) is 3. The summed E-state index contributed by atoms with van der Waals surface area (Å²) in [6.45, 7) is 8.04. The topological polar surface area (TPSA) is 49.8 Å². The Balaban J connectivity index is 2.59. The lowest BCUT2D eigenvalue weighted by Crippen LogP contribution is -2.40. The summed E-state index contributed by atoms with van der Waals surface area (Å²) in [5.41, 5.74) is -0.471. The van der Waals surface area contributed by atoms with Crippen LogP contribution >= 0.6 is 0 Å². The monoisotopic (exact) mass is 229 g/mol. The predicted molar refractivity (Wildman–Crippen MR) is 62.3 cm³/mol. The van der Waals surface area contributed by atoms with E-state index in [-0.39, 0.29) is 12.1 Å². The van der Waals surface area contributed by atoms with Gasteiger partial charge < -0.3 is 14.7 Å². The molecule has 94 valence electrons. The Kier molecular flexibility index (Phi) is 4.19. The molecule has 0 spiro atoms. The minimum atomic E-state index is -0.471. The summed E-state index contributed by atoms with van der Waals surface area (Å²) in [6.07, 6.45) is 1.91. The van der Waals surface area contributed by atoms with Crippen LogP contribution in [0.1, 0.15) is 47.0 Å². The summed E-state index contributed by atoms with van der Waals surface area (Å²) in [7, 11) is 0. The first-order chi connectivity index (χ1) is 7.33. The first-order valence-corrected chi connectivity index (χ1v) is 6.01. The van der Waals surface area contributed by atoms with Gasteiger partial charge in [-0.2, -0.15) is 0 Å². The number of likely N-dealkylation sites (tertiary alicyclic amines) is 1. The number of carbonyl (C=O) groups is 1. The smallest absolute Gasteiger partial charge is 0.410 e. The number of aliphatic hydroxyl groups is 1. The second-order valence-electron chi connectivity index (χ2n) is 5.46. The van der Waals surface area contributed by atoms with Crippen LogP contribution in [0.15, 0.2) is 0 Å². The van der Waals surface area contributed by atoms with Crippen LogP contribution < -0.4 is 0 Å². The van der Waals surface area contributed by atoms with E-state index in [1.54, 1.807) is 4.90 Å². The number of amides is 1. The van der Waals surface area contributed by atoms with E-state index in [9.17, 15) is 9.90 Å². The normalized spacial score (nSPS) is 25.9. The molecule has 1 N–H and O–H groups in total. The van der Waals surface area contributed by atoms with Gasteiger partial charge in [0.1, 0.15) is 5.60 Å². The highest BCUT2D eigenvalue weighted by Crippen LogP contribution is 2.24. The van der Waals surface area contributed by atoms with E-state index in [0.29, 0.717) is 13.0 Å². The molecule has 1 heterocycles. The molecule has 0 aromatic heterocycles. The third-order valence-electron chi connectivity index (χ3n) is 2.64. The van der Waals surface area contributed by atoms with E-state index in [1.165, 1.54) is 0 Å². The summed E-state index contributed by atoms with van der Waals surface area (Å²) in [6, 6.07) is 0.134. The highest BCUT2D eigenvalue weighted by molar-refractivity contribution is 5.69. The number of carbonyl (C=O) groups excluding carboxylic acids is 1. The molecule has 1 aliphatic rings. The average molecular weight is 229 g/mol. The van der Waals surface area contributed by atoms with Gasteiger partial charge in [-0.3, -0.25) is 0 Å². The van der Waals surface area contributed by atoms with Crippen LogP contribution in [0.5, 0.6) is 0 Å². The molecule has 1 fully saturated rings. The van der Waals surface area contributed by atoms with E-state index < -0.39 is 11.7 Å². The van der Waals surface area contributed by atoms with Gasteiger partial charge in [0, 0.05) is 6.04 Å². The zero-order valence-electron chi connectivity index (χ0n) is 10.7. The Morgan fingerprint density at radius 3 is 2.62 bits per heavy atom. The fourth-order valence-corrected chi connectivity index (χ4v) is 2.04. The number of hydrogen-bond donors (Lipinski definition) is 1. The van der Waals surface area contributed by atoms with Crippen molar-refractivity contribution in [2.24, 2.45) is 0 Å². The quantitative estimate of drug-likeness (QED) is 0.789. The molecule has 1 amide bonds. The molecule has 16 heavy (non-hydrogen) atoms. The molecule has 4 heteroatoms. The molecular formula is C12H23NO3. The fourth-order valence-electron chi connectivity index (χ4n) is 2.04. The molecule has 2 atom stereocenters. The average Bonchev–Trinajstić information content (AvgIpc) is 2.44. The molecule has 0 saturated carbocycles. The Morgan fingerprint density at radius 1 is 1.50 bits per heavy atom. The first kappa shape index (κ1) is 13.3. The Labute approximate surface area is 97.6 Å².